The van der Waals surface area contributed by atoms with E-state index in [-0.39, 0.29) is 16.9 Å². The average molecular weight is 391 g/mol. The topological polar surface area (TPSA) is 105 Å². The Morgan fingerprint density at radius 3 is 2.69 bits per heavy atom. The van der Waals surface area contributed by atoms with Crippen molar-refractivity contribution >= 4 is 16.7 Å². The van der Waals surface area contributed by atoms with E-state index in [1.165, 1.54) is 19.2 Å². The lowest BCUT2D eigenvalue weighted by Gasteiger charge is -2.13. The Bertz CT molecular complexity index is 1280. The molecule has 29 heavy (non-hydrogen) atoms. The van der Waals surface area contributed by atoms with E-state index in [1.807, 2.05) is 19.3 Å². The number of aryl methyl sites for hydroxylation is 1. The van der Waals surface area contributed by atoms with Gasteiger partial charge in [0.25, 0.3) is 0 Å². The van der Waals surface area contributed by atoms with Gasteiger partial charge in [-0.2, -0.15) is 9.78 Å². The van der Waals surface area contributed by atoms with Crippen molar-refractivity contribution in [2.45, 2.75) is 6.17 Å². The van der Waals surface area contributed by atoms with Gasteiger partial charge in [-0.05, 0) is 29.8 Å². The van der Waals surface area contributed by atoms with E-state index in [9.17, 15) is 0 Å². The van der Waals surface area contributed by atoms with Crippen LogP contribution in [0.5, 0.6) is 5.88 Å². The number of alkyl halides is 1. The summed E-state index contributed by atoms with van der Waals surface area (Å²) in [5.74, 6) is -0.272. The molecule has 9 heteroatoms. The smallest absolute Gasteiger partial charge is 0.231 e. The zero-order chi connectivity index (χ0) is 20.5. The second kappa shape index (κ2) is 7.27. The number of pyridine rings is 1. The molecule has 0 aliphatic heterocycles. The summed E-state index contributed by atoms with van der Waals surface area (Å²) in [6.07, 6.45) is 3.59. The van der Waals surface area contributed by atoms with Crippen molar-refractivity contribution in [3.8, 4) is 17.0 Å². The van der Waals surface area contributed by atoms with Gasteiger partial charge < -0.3 is 4.74 Å². The standard InChI is InChI=1S/C20H18FN7O/c1-27-11-15(10-25-27)14-8-13-7-12(3-4-16(13)24-9-14)19(21)20(23)28-17(22)5-6-18(26-28)29-2/h3-11,19,22-23H,1-2H3. The van der Waals surface area contributed by atoms with Gasteiger partial charge in [-0.1, -0.05) is 6.07 Å². The number of fused-ring (bicyclic) bond motifs is 1. The zero-order valence-corrected chi connectivity index (χ0v) is 15.8. The van der Waals surface area contributed by atoms with Crippen LogP contribution >= 0.6 is 0 Å². The average Bonchev–Trinajstić information content (AvgIpc) is 3.18. The van der Waals surface area contributed by atoms with Gasteiger partial charge in [0.05, 0.1) is 18.8 Å². The molecule has 146 valence electrons. The Labute approximate surface area is 165 Å². The first-order valence-electron chi connectivity index (χ1n) is 8.77. The molecule has 0 saturated heterocycles. The molecule has 0 saturated carbocycles. The maximum atomic E-state index is 15.1. The minimum Gasteiger partial charge on any atom is -0.480 e. The monoisotopic (exact) mass is 391 g/mol. The number of hydrogen-bond donors (Lipinski definition) is 2. The van der Waals surface area contributed by atoms with Gasteiger partial charge in [0.2, 0.25) is 5.88 Å². The summed E-state index contributed by atoms with van der Waals surface area (Å²) >= 11 is 0. The van der Waals surface area contributed by atoms with Crippen molar-refractivity contribution in [2.24, 2.45) is 7.05 Å². The summed E-state index contributed by atoms with van der Waals surface area (Å²) in [5, 5.41) is 25.0. The van der Waals surface area contributed by atoms with E-state index < -0.39 is 12.0 Å². The van der Waals surface area contributed by atoms with Crippen molar-refractivity contribution in [1.29, 1.82) is 10.8 Å². The van der Waals surface area contributed by atoms with E-state index in [0.29, 0.717) is 5.52 Å². The lowest BCUT2D eigenvalue weighted by atomic mass is 10.0. The Morgan fingerprint density at radius 1 is 1.14 bits per heavy atom. The van der Waals surface area contributed by atoms with Gasteiger partial charge in [0.15, 0.2) is 12.0 Å². The fraction of sp³-hybridized carbons (Fsp3) is 0.150. The number of aromatic nitrogens is 5. The van der Waals surface area contributed by atoms with Crippen LogP contribution in [0.2, 0.25) is 0 Å². The first-order chi connectivity index (χ1) is 14.0. The van der Waals surface area contributed by atoms with Crippen LogP contribution in [0.1, 0.15) is 11.7 Å². The van der Waals surface area contributed by atoms with E-state index >= 15 is 4.39 Å². The number of rotatable bonds is 4. The van der Waals surface area contributed by atoms with Crippen LogP contribution in [-0.4, -0.2) is 37.5 Å². The molecule has 4 rings (SSSR count). The molecule has 0 aliphatic carbocycles. The van der Waals surface area contributed by atoms with Crippen LogP contribution in [0, 0.1) is 10.8 Å². The van der Waals surface area contributed by atoms with Crippen LogP contribution in [0.4, 0.5) is 4.39 Å². The van der Waals surface area contributed by atoms with Gasteiger partial charge in [-0.15, -0.1) is 5.10 Å². The Balaban J connectivity index is 1.71. The zero-order valence-electron chi connectivity index (χ0n) is 15.8. The molecule has 8 nitrogen and oxygen atoms in total. The van der Waals surface area contributed by atoms with Gasteiger partial charge in [0.1, 0.15) is 5.49 Å². The summed E-state index contributed by atoms with van der Waals surface area (Å²) in [6.45, 7) is 0. The number of nitrogens with one attached hydrogen (secondary N) is 2. The molecule has 3 heterocycles. The molecule has 0 aliphatic rings. The molecule has 0 bridgehead atoms. The molecule has 0 spiro atoms. The highest BCUT2D eigenvalue weighted by atomic mass is 19.1. The Hall–Kier alpha value is -3.88. The predicted octanol–water partition coefficient (Wildman–Crippen LogP) is 2.86. The molecular formula is C20H18FN7O. The molecule has 0 amide bonds. The summed E-state index contributed by atoms with van der Waals surface area (Å²) in [7, 11) is 3.25. The highest BCUT2D eigenvalue weighted by Crippen LogP contribution is 2.26. The third kappa shape index (κ3) is 3.49. The summed E-state index contributed by atoms with van der Waals surface area (Å²) in [4.78, 5) is 4.43. The number of hydrogen-bond acceptors (Lipinski definition) is 6. The van der Waals surface area contributed by atoms with Crippen molar-refractivity contribution in [3.63, 3.8) is 0 Å². The fourth-order valence-electron chi connectivity index (χ4n) is 3.00. The van der Waals surface area contributed by atoms with Crippen molar-refractivity contribution in [2.75, 3.05) is 7.11 Å². The molecule has 4 aromatic rings. The van der Waals surface area contributed by atoms with E-state index in [2.05, 4.69) is 15.2 Å². The number of nitrogens with zero attached hydrogens (tertiary/aromatic N) is 5. The van der Waals surface area contributed by atoms with Gasteiger partial charge >= 0.3 is 0 Å². The third-order valence-corrected chi connectivity index (χ3v) is 4.52. The molecule has 3 aromatic heterocycles. The molecule has 2 N–H and O–H groups in total. The number of benzene rings is 1. The number of methoxy groups -OCH3 is 1. The summed E-state index contributed by atoms with van der Waals surface area (Å²) in [5.41, 5.74) is 2.66. The molecule has 0 radical (unpaired) electrons. The first-order valence-corrected chi connectivity index (χ1v) is 8.77. The minimum absolute atomic E-state index is 0.111. The van der Waals surface area contributed by atoms with Gasteiger partial charge in [-0.25, -0.2) is 4.39 Å². The van der Waals surface area contributed by atoms with Crippen molar-refractivity contribution in [3.05, 3.63) is 66.0 Å². The molecule has 0 fully saturated rings. The maximum absolute atomic E-state index is 15.1. The highest BCUT2D eigenvalue weighted by molar-refractivity contribution is 5.89. The largest absolute Gasteiger partial charge is 0.480 e. The molecular weight excluding hydrogens is 373 g/mol. The third-order valence-electron chi connectivity index (χ3n) is 4.52. The van der Waals surface area contributed by atoms with E-state index in [4.69, 9.17) is 15.6 Å². The van der Waals surface area contributed by atoms with Crippen molar-refractivity contribution < 1.29 is 9.13 Å². The molecule has 1 unspecified atom stereocenters. The quantitative estimate of drug-likeness (QED) is 0.412. The normalized spacial score (nSPS) is 12.1. The van der Waals surface area contributed by atoms with E-state index in [1.54, 1.807) is 35.3 Å². The van der Waals surface area contributed by atoms with Crippen LogP contribution < -0.4 is 10.2 Å². The Kier molecular flexibility index (Phi) is 4.63. The van der Waals surface area contributed by atoms with Crippen molar-refractivity contribution in [1.82, 2.24) is 24.5 Å². The second-order valence-corrected chi connectivity index (χ2v) is 6.50. The SMILES string of the molecule is COc1ccc(=N)n(C(=N)C(F)c2ccc3ncc(-c4cnn(C)c4)cc3c2)n1. The van der Waals surface area contributed by atoms with Crippen LogP contribution in [-0.2, 0) is 7.05 Å². The Morgan fingerprint density at radius 2 is 1.97 bits per heavy atom. The fourth-order valence-corrected chi connectivity index (χ4v) is 3.00. The maximum Gasteiger partial charge on any atom is 0.231 e. The number of halogens is 1. The predicted molar refractivity (Wildman–Crippen MR) is 106 cm³/mol. The summed E-state index contributed by atoms with van der Waals surface area (Å²) in [6, 6.07) is 9.75. The number of ether oxygens (including phenoxy) is 1. The van der Waals surface area contributed by atoms with E-state index in [0.717, 1.165) is 21.2 Å². The highest BCUT2D eigenvalue weighted by Gasteiger charge is 2.20. The molecule has 1 atom stereocenters. The lowest BCUT2D eigenvalue weighted by Crippen LogP contribution is -2.31. The van der Waals surface area contributed by atoms with Crippen LogP contribution in [0.15, 0.2) is 55.0 Å². The second-order valence-electron chi connectivity index (χ2n) is 6.50. The minimum atomic E-state index is -1.77. The molecule has 1 aromatic carbocycles. The van der Waals surface area contributed by atoms with Gasteiger partial charge in [-0.3, -0.25) is 20.5 Å². The lowest BCUT2D eigenvalue weighted by molar-refractivity contribution is 0.381. The van der Waals surface area contributed by atoms with Gasteiger partial charge in [0, 0.05) is 42.0 Å². The summed E-state index contributed by atoms with van der Waals surface area (Å²) < 4.78 is 22.8. The van der Waals surface area contributed by atoms with Crippen LogP contribution in [0.3, 0.4) is 0 Å². The van der Waals surface area contributed by atoms with Crippen LogP contribution in [0.25, 0.3) is 22.0 Å². The first kappa shape index (κ1) is 18.5.